The summed E-state index contributed by atoms with van der Waals surface area (Å²) in [5.41, 5.74) is -0.360. The van der Waals surface area contributed by atoms with E-state index in [1.165, 1.54) is 4.90 Å². The monoisotopic (exact) mass is 282 g/mol. The van der Waals surface area contributed by atoms with Crippen LogP contribution in [0.1, 0.15) is 46.5 Å². The SMILES string of the molecule is C=CCN(C(=O)N1CCCCCC1C(=O)O)C(C)(C)C. The minimum atomic E-state index is -0.910. The molecule has 0 aromatic heterocycles. The van der Waals surface area contributed by atoms with Crippen molar-refractivity contribution in [3.8, 4) is 0 Å². The highest BCUT2D eigenvalue weighted by Crippen LogP contribution is 2.22. The lowest BCUT2D eigenvalue weighted by Gasteiger charge is -2.40. The normalized spacial score (nSPS) is 20.1. The van der Waals surface area contributed by atoms with Gasteiger partial charge in [0, 0.05) is 18.6 Å². The van der Waals surface area contributed by atoms with E-state index in [1.54, 1.807) is 11.0 Å². The van der Waals surface area contributed by atoms with Gasteiger partial charge in [0.2, 0.25) is 0 Å². The van der Waals surface area contributed by atoms with Gasteiger partial charge in [-0.2, -0.15) is 0 Å². The zero-order chi connectivity index (χ0) is 15.3. The van der Waals surface area contributed by atoms with E-state index in [0.29, 0.717) is 19.5 Å². The smallest absolute Gasteiger partial charge is 0.326 e. The highest BCUT2D eigenvalue weighted by atomic mass is 16.4. The van der Waals surface area contributed by atoms with E-state index in [4.69, 9.17) is 0 Å². The van der Waals surface area contributed by atoms with E-state index in [-0.39, 0.29) is 11.6 Å². The third-order valence-electron chi connectivity index (χ3n) is 3.64. The third-order valence-corrected chi connectivity index (χ3v) is 3.64. The van der Waals surface area contributed by atoms with Gasteiger partial charge in [0.1, 0.15) is 6.04 Å². The molecule has 0 aromatic rings. The fourth-order valence-electron chi connectivity index (χ4n) is 2.52. The lowest BCUT2D eigenvalue weighted by Crippen LogP contribution is -2.56. The number of rotatable bonds is 3. The molecule has 1 N–H and O–H groups in total. The molecule has 0 aliphatic carbocycles. The van der Waals surface area contributed by atoms with Crippen molar-refractivity contribution in [3.05, 3.63) is 12.7 Å². The van der Waals surface area contributed by atoms with Gasteiger partial charge in [-0.05, 0) is 33.6 Å². The first-order valence-corrected chi connectivity index (χ1v) is 7.21. The fraction of sp³-hybridized carbons (Fsp3) is 0.733. The molecule has 1 atom stereocenters. The quantitative estimate of drug-likeness (QED) is 0.810. The second-order valence-electron chi connectivity index (χ2n) is 6.25. The predicted octanol–water partition coefficient (Wildman–Crippen LogP) is 2.72. The van der Waals surface area contributed by atoms with Crippen LogP contribution in [0.5, 0.6) is 0 Å². The first kappa shape index (κ1) is 16.5. The van der Waals surface area contributed by atoms with Crippen molar-refractivity contribution in [1.82, 2.24) is 9.80 Å². The summed E-state index contributed by atoms with van der Waals surface area (Å²) in [6, 6.07) is -0.911. The number of urea groups is 1. The van der Waals surface area contributed by atoms with Crippen molar-refractivity contribution in [3.63, 3.8) is 0 Å². The molecule has 5 heteroatoms. The van der Waals surface area contributed by atoms with E-state index < -0.39 is 12.0 Å². The Morgan fingerprint density at radius 3 is 2.50 bits per heavy atom. The number of amides is 2. The van der Waals surface area contributed by atoms with Crippen LogP contribution in [0.2, 0.25) is 0 Å². The van der Waals surface area contributed by atoms with Crippen LogP contribution in [-0.2, 0) is 4.79 Å². The molecule has 5 nitrogen and oxygen atoms in total. The molecule has 1 rings (SSSR count). The Morgan fingerprint density at radius 2 is 2.00 bits per heavy atom. The van der Waals surface area contributed by atoms with Crippen molar-refractivity contribution >= 4 is 12.0 Å². The van der Waals surface area contributed by atoms with E-state index in [9.17, 15) is 14.7 Å². The molecule has 1 aliphatic heterocycles. The molecule has 0 saturated carbocycles. The van der Waals surface area contributed by atoms with Crippen molar-refractivity contribution in [1.29, 1.82) is 0 Å². The van der Waals surface area contributed by atoms with Gasteiger partial charge in [0.15, 0.2) is 0 Å². The minimum absolute atomic E-state index is 0.202. The lowest BCUT2D eigenvalue weighted by atomic mass is 10.1. The Hall–Kier alpha value is -1.52. The number of carboxylic acid groups (broad SMARTS) is 1. The Balaban J connectivity index is 2.99. The summed E-state index contributed by atoms with van der Waals surface area (Å²) >= 11 is 0. The maximum atomic E-state index is 12.7. The molecule has 114 valence electrons. The molecule has 1 unspecified atom stereocenters. The zero-order valence-electron chi connectivity index (χ0n) is 12.8. The maximum Gasteiger partial charge on any atom is 0.326 e. The highest BCUT2D eigenvalue weighted by Gasteiger charge is 2.36. The number of carboxylic acids is 1. The molecule has 20 heavy (non-hydrogen) atoms. The van der Waals surface area contributed by atoms with Gasteiger partial charge >= 0.3 is 12.0 Å². The lowest BCUT2D eigenvalue weighted by molar-refractivity contribution is -0.142. The van der Waals surface area contributed by atoms with Crippen LogP contribution in [0.15, 0.2) is 12.7 Å². The van der Waals surface area contributed by atoms with E-state index >= 15 is 0 Å². The Labute approximate surface area is 121 Å². The summed E-state index contributed by atoms with van der Waals surface area (Å²) in [5.74, 6) is -0.910. The Kier molecular flexibility index (Phi) is 5.60. The fourth-order valence-corrected chi connectivity index (χ4v) is 2.52. The van der Waals surface area contributed by atoms with Crippen molar-refractivity contribution in [2.45, 2.75) is 58.0 Å². The van der Waals surface area contributed by atoms with Gasteiger partial charge in [-0.1, -0.05) is 18.9 Å². The number of hydrogen-bond donors (Lipinski definition) is 1. The van der Waals surface area contributed by atoms with Crippen LogP contribution in [0.3, 0.4) is 0 Å². The zero-order valence-corrected chi connectivity index (χ0v) is 12.8. The number of carbonyl (C=O) groups excluding carboxylic acids is 1. The highest BCUT2D eigenvalue weighted by molar-refractivity contribution is 5.83. The topological polar surface area (TPSA) is 60.9 Å². The standard InChI is InChI=1S/C15H26N2O3/c1-5-10-17(15(2,3)4)14(20)16-11-8-6-7-9-12(16)13(18)19/h5,12H,1,6-11H2,2-4H3,(H,18,19). The van der Waals surface area contributed by atoms with Gasteiger partial charge in [0.25, 0.3) is 0 Å². The minimum Gasteiger partial charge on any atom is -0.480 e. The second-order valence-corrected chi connectivity index (χ2v) is 6.25. The van der Waals surface area contributed by atoms with Crippen LogP contribution < -0.4 is 0 Å². The van der Waals surface area contributed by atoms with Gasteiger partial charge in [-0.25, -0.2) is 9.59 Å². The molecule has 1 heterocycles. The van der Waals surface area contributed by atoms with Crippen molar-refractivity contribution in [2.24, 2.45) is 0 Å². The van der Waals surface area contributed by atoms with Gasteiger partial charge in [-0.15, -0.1) is 6.58 Å². The predicted molar refractivity (Wildman–Crippen MR) is 78.6 cm³/mol. The average molecular weight is 282 g/mol. The molecule has 0 bridgehead atoms. The van der Waals surface area contributed by atoms with E-state index in [1.807, 2.05) is 20.8 Å². The number of hydrogen-bond acceptors (Lipinski definition) is 2. The summed E-state index contributed by atoms with van der Waals surface area (Å²) in [4.78, 5) is 27.4. The molecule has 1 saturated heterocycles. The molecule has 1 aliphatic rings. The number of aliphatic carboxylic acids is 1. The third kappa shape index (κ3) is 3.99. The first-order valence-electron chi connectivity index (χ1n) is 7.21. The second kappa shape index (κ2) is 6.77. The van der Waals surface area contributed by atoms with Gasteiger partial charge in [0.05, 0.1) is 0 Å². The molecule has 0 radical (unpaired) electrons. The van der Waals surface area contributed by atoms with Crippen LogP contribution in [0, 0.1) is 0 Å². The number of carbonyl (C=O) groups is 2. The molecular formula is C15H26N2O3. The summed E-state index contributed by atoms with van der Waals surface area (Å²) in [6.45, 7) is 10.5. The van der Waals surface area contributed by atoms with Crippen LogP contribution >= 0.6 is 0 Å². The molecule has 0 spiro atoms. The van der Waals surface area contributed by atoms with Gasteiger partial charge < -0.3 is 14.9 Å². The average Bonchev–Trinajstić information content (AvgIpc) is 2.59. The summed E-state index contributed by atoms with van der Waals surface area (Å²) < 4.78 is 0. The van der Waals surface area contributed by atoms with Crippen LogP contribution in [0.4, 0.5) is 4.79 Å². The molecule has 0 aromatic carbocycles. The Bertz CT molecular complexity index is 374. The van der Waals surface area contributed by atoms with E-state index in [0.717, 1.165) is 19.3 Å². The maximum absolute atomic E-state index is 12.7. The Morgan fingerprint density at radius 1 is 1.35 bits per heavy atom. The van der Waals surface area contributed by atoms with E-state index in [2.05, 4.69) is 6.58 Å². The number of nitrogens with zero attached hydrogens (tertiary/aromatic N) is 2. The van der Waals surface area contributed by atoms with Crippen LogP contribution in [-0.4, -0.2) is 51.6 Å². The largest absolute Gasteiger partial charge is 0.480 e. The molecular weight excluding hydrogens is 256 g/mol. The van der Waals surface area contributed by atoms with Crippen LogP contribution in [0.25, 0.3) is 0 Å². The summed E-state index contributed by atoms with van der Waals surface area (Å²) in [7, 11) is 0. The summed E-state index contributed by atoms with van der Waals surface area (Å²) in [5, 5.41) is 9.36. The first-order chi connectivity index (χ1) is 9.29. The van der Waals surface area contributed by atoms with Crippen molar-refractivity contribution in [2.75, 3.05) is 13.1 Å². The molecule has 2 amide bonds. The molecule has 1 fully saturated rings. The summed E-state index contributed by atoms with van der Waals surface area (Å²) in [6.07, 6.45) is 4.91. The van der Waals surface area contributed by atoms with Crippen molar-refractivity contribution < 1.29 is 14.7 Å². The van der Waals surface area contributed by atoms with Gasteiger partial charge in [-0.3, -0.25) is 0 Å². The number of likely N-dealkylation sites (tertiary alicyclic amines) is 1.